The van der Waals surface area contributed by atoms with E-state index >= 15 is 0 Å². The third kappa shape index (κ3) is 5.96. The van der Waals surface area contributed by atoms with E-state index in [-0.39, 0.29) is 5.57 Å². The van der Waals surface area contributed by atoms with Crippen LogP contribution in [0.15, 0.2) is 76.8 Å². The van der Waals surface area contributed by atoms with E-state index in [0.717, 1.165) is 15.6 Å². The zero-order chi connectivity index (χ0) is 21.5. The smallest absolute Gasteiger partial charge is 0.266 e. The molecule has 0 aliphatic heterocycles. The first-order chi connectivity index (χ1) is 14.4. The molecule has 0 bridgehead atoms. The molecule has 6 heteroatoms. The Morgan fingerprint density at radius 1 is 1.17 bits per heavy atom. The van der Waals surface area contributed by atoms with Gasteiger partial charge in [-0.2, -0.15) is 5.26 Å². The van der Waals surface area contributed by atoms with E-state index in [9.17, 15) is 10.1 Å². The van der Waals surface area contributed by atoms with Crippen LogP contribution in [0.3, 0.4) is 0 Å². The average molecular weight is 482 g/mol. The summed E-state index contributed by atoms with van der Waals surface area (Å²) in [5.74, 6) is 0.0796. The number of rotatable bonds is 6. The van der Waals surface area contributed by atoms with Gasteiger partial charge in [0.15, 0.2) is 0 Å². The lowest BCUT2D eigenvalue weighted by molar-refractivity contribution is -0.112. The molecule has 150 valence electrons. The Kier molecular flexibility index (Phi) is 7.29. The van der Waals surface area contributed by atoms with Gasteiger partial charge in [-0.1, -0.05) is 51.8 Å². The second kappa shape index (κ2) is 10.1. The predicted molar refractivity (Wildman–Crippen MR) is 123 cm³/mol. The molecule has 3 aromatic rings. The minimum atomic E-state index is -0.480. The molecule has 0 aromatic heterocycles. The van der Waals surface area contributed by atoms with Gasteiger partial charge in [-0.05, 0) is 66.6 Å². The number of halogens is 2. The largest absolute Gasteiger partial charge is 0.488 e. The van der Waals surface area contributed by atoms with Crippen molar-refractivity contribution in [1.29, 1.82) is 5.26 Å². The van der Waals surface area contributed by atoms with Gasteiger partial charge in [0.2, 0.25) is 0 Å². The van der Waals surface area contributed by atoms with Gasteiger partial charge in [-0.25, -0.2) is 0 Å². The second-order valence-electron chi connectivity index (χ2n) is 6.59. The van der Waals surface area contributed by atoms with Crippen molar-refractivity contribution in [3.63, 3.8) is 0 Å². The molecular weight excluding hydrogens is 464 g/mol. The van der Waals surface area contributed by atoms with E-state index in [0.29, 0.717) is 28.6 Å². The molecule has 1 N–H and O–H groups in total. The number of carbonyl (C=O) groups excluding carboxylic acids is 1. The topological polar surface area (TPSA) is 62.1 Å². The van der Waals surface area contributed by atoms with Gasteiger partial charge in [0.25, 0.3) is 5.91 Å². The first-order valence-electron chi connectivity index (χ1n) is 9.11. The lowest BCUT2D eigenvalue weighted by atomic mass is 10.1. The molecule has 0 spiro atoms. The Balaban J connectivity index is 1.82. The summed E-state index contributed by atoms with van der Waals surface area (Å²) in [5.41, 5.74) is 3.20. The summed E-state index contributed by atoms with van der Waals surface area (Å²) in [4.78, 5) is 12.6. The molecule has 0 saturated heterocycles. The summed E-state index contributed by atoms with van der Waals surface area (Å²) in [6.07, 6.45) is 1.52. The molecule has 0 aliphatic carbocycles. The lowest BCUT2D eigenvalue weighted by Gasteiger charge is -2.11. The van der Waals surface area contributed by atoms with Crippen molar-refractivity contribution in [1.82, 2.24) is 0 Å². The summed E-state index contributed by atoms with van der Waals surface area (Å²) in [7, 11) is 0. The van der Waals surface area contributed by atoms with Gasteiger partial charge < -0.3 is 10.1 Å². The molecule has 3 rings (SSSR count). The van der Waals surface area contributed by atoms with Crippen molar-refractivity contribution in [3.05, 3.63) is 98.5 Å². The third-order valence-electron chi connectivity index (χ3n) is 4.22. The summed E-state index contributed by atoms with van der Waals surface area (Å²) in [6.45, 7) is 2.26. The molecule has 0 atom stereocenters. The SMILES string of the molecule is Cc1cccc(NC(=O)/C(C#N)=C/c2cc(Br)ccc2OCc2ccc(Cl)cc2)c1. The van der Waals surface area contributed by atoms with Crippen LogP contribution >= 0.6 is 27.5 Å². The fourth-order valence-electron chi connectivity index (χ4n) is 2.73. The average Bonchev–Trinajstić information content (AvgIpc) is 2.72. The van der Waals surface area contributed by atoms with E-state index in [4.69, 9.17) is 16.3 Å². The van der Waals surface area contributed by atoms with Crippen LogP contribution in [0.4, 0.5) is 5.69 Å². The van der Waals surface area contributed by atoms with Crippen LogP contribution in [-0.4, -0.2) is 5.91 Å². The Morgan fingerprint density at radius 3 is 2.63 bits per heavy atom. The summed E-state index contributed by atoms with van der Waals surface area (Å²) in [6, 6.07) is 22.2. The van der Waals surface area contributed by atoms with Crippen LogP contribution in [0.5, 0.6) is 5.75 Å². The summed E-state index contributed by atoms with van der Waals surface area (Å²) in [5, 5.41) is 13.0. The first-order valence-corrected chi connectivity index (χ1v) is 10.3. The minimum Gasteiger partial charge on any atom is -0.488 e. The molecule has 30 heavy (non-hydrogen) atoms. The molecule has 4 nitrogen and oxygen atoms in total. The third-order valence-corrected chi connectivity index (χ3v) is 4.97. The standard InChI is InChI=1S/C24H18BrClN2O2/c1-16-3-2-4-22(11-16)28-24(29)19(14-27)12-18-13-20(25)7-10-23(18)30-15-17-5-8-21(26)9-6-17/h2-13H,15H2,1H3,(H,28,29)/b19-12+. The van der Waals surface area contributed by atoms with Gasteiger partial charge >= 0.3 is 0 Å². The van der Waals surface area contributed by atoms with Crippen LogP contribution in [-0.2, 0) is 11.4 Å². The van der Waals surface area contributed by atoms with Crippen LogP contribution in [0.1, 0.15) is 16.7 Å². The Hall–Kier alpha value is -3.07. The molecule has 0 heterocycles. The number of amides is 1. The van der Waals surface area contributed by atoms with Gasteiger partial charge in [-0.15, -0.1) is 0 Å². The number of hydrogen-bond acceptors (Lipinski definition) is 3. The summed E-state index contributed by atoms with van der Waals surface area (Å²) >= 11 is 9.35. The van der Waals surface area contributed by atoms with Crippen LogP contribution in [0.25, 0.3) is 6.08 Å². The Bertz CT molecular complexity index is 1130. The fraction of sp³-hybridized carbons (Fsp3) is 0.0833. The Labute approximate surface area is 188 Å². The van der Waals surface area contributed by atoms with Crippen molar-refractivity contribution in [2.45, 2.75) is 13.5 Å². The van der Waals surface area contributed by atoms with Crippen LogP contribution in [0, 0.1) is 18.3 Å². The number of aryl methyl sites for hydroxylation is 1. The number of nitrogens with zero attached hydrogens (tertiary/aromatic N) is 1. The molecular formula is C24H18BrClN2O2. The van der Waals surface area contributed by atoms with E-state index in [1.54, 1.807) is 30.3 Å². The quantitative estimate of drug-likeness (QED) is 0.321. The van der Waals surface area contributed by atoms with Gasteiger partial charge in [0, 0.05) is 20.7 Å². The zero-order valence-corrected chi connectivity index (χ0v) is 18.5. The monoisotopic (exact) mass is 480 g/mol. The first kappa shape index (κ1) is 21.6. The van der Waals surface area contributed by atoms with E-state index in [1.165, 1.54) is 6.08 Å². The maximum atomic E-state index is 12.6. The maximum absolute atomic E-state index is 12.6. The second-order valence-corrected chi connectivity index (χ2v) is 7.94. The number of benzene rings is 3. The molecule has 1 amide bonds. The number of hydrogen-bond donors (Lipinski definition) is 1. The predicted octanol–water partition coefficient (Wildman–Crippen LogP) is 6.54. The van der Waals surface area contributed by atoms with Crippen molar-refractivity contribution < 1.29 is 9.53 Å². The highest BCUT2D eigenvalue weighted by Gasteiger charge is 2.12. The number of carbonyl (C=O) groups is 1. The van der Waals surface area contributed by atoms with Crippen LogP contribution in [0.2, 0.25) is 5.02 Å². The Morgan fingerprint density at radius 2 is 1.93 bits per heavy atom. The number of nitriles is 1. The molecule has 0 saturated carbocycles. The highest BCUT2D eigenvalue weighted by molar-refractivity contribution is 9.10. The number of anilines is 1. The number of ether oxygens (including phenoxy) is 1. The van der Waals surface area contributed by atoms with Gasteiger partial charge in [-0.3, -0.25) is 4.79 Å². The fourth-order valence-corrected chi connectivity index (χ4v) is 3.24. The highest BCUT2D eigenvalue weighted by Crippen LogP contribution is 2.27. The molecule has 0 unspecified atom stereocenters. The molecule has 0 fully saturated rings. The molecule has 3 aromatic carbocycles. The lowest BCUT2D eigenvalue weighted by Crippen LogP contribution is -2.13. The van der Waals surface area contributed by atoms with Crippen molar-refractivity contribution in [3.8, 4) is 11.8 Å². The van der Waals surface area contributed by atoms with Gasteiger partial charge in [0.05, 0.1) is 0 Å². The van der Waals surface area contributed by atoms with Crippen molar-refractivity contribution in [2.75, 3.05) is 5.32 Å². The zero-order valence-electron chi connectivity index (χ0n) is 16.2. The van der Waals surface area contributed by atoms with E-state index < -0.39 is 5.91 Å². The summed E-state index contributed by atoms with van der Waals surface area (Å²) < 4.78 is 6.74. The number of nitrogens with one attached hydrogen (secondary N) is 1. The highest BCUT2D eigenvalue weighted by atomic mass is 79.9. The minimum absolute atomic E-state index is 0.0223. The van der Waals surface area contributed by atoms with E-state index in [2.05, 4.69) is 21.2 Å². The van der Waals surface area contributed by atoms with E-state index in [1.807, 2.05) is 49.4 Å². The maximum Gasteiger partial charge on any atom is 0.266 e. The normalized spacial score (nSPS) is 10.9. The molecule has 0 aliphatic rings. The van der Waals surface area contributed by atoms with Crippen molar-refractivity contribution >= 4 is 45.2 Å². The molecule has 0 radical (unpaired) electrons. The van der Waals surface area contributed by atoms with Crippen LogP contribution < -0.4 is 10.1 Å². The van der Waals surface area contributed by atoms with Crippen molar-refractivity contribution in [2.24, 2.45) is 0 Å². The van der Waals surface area contributed by atoms with Gasteiger partial charge in [0.1, 0.15) is 24.0 Å².